The zero-order valence-electron chi connectivity index (χ0n) is 24.1. The van der Waals surface area contributed by atoms with Gasteiger partial charge in [-0.05, 0) is 0 Å². The van der Waals surface area contributed by atoms with Crippen LogP contribution in [0.3, 0.4) is 0 Å². The van der Waals surface area contributed by atoms with E-state index in [2.05, 4.69) is 17.0 Å². The number of benzene rings is 4. The van der Waals surface area contributed by atoms with Crippen molar-refractivity contribution in [1.29, 1.82) is 0 Å². The molecule has 232 valence electrons. The second-order valence-electron chi connectivity index (χ2n) is 10.7. The first-order valence-electron chi connectivity index (χ1n) is 14.3. The van der Waals surface area contributed by atoms with Gasteiger partial charge in [0.1, 0.15) is 0 Å². The predicted octanol–water partition coefficient (Wildman–Crippen LogP) is 4.66. The normalized spacial score (nSPS) is 14.9. The molecule has 1 aromatic heterocycles. The molecule has 0 atom stereocenters. The van der Waals surface area contributed by atoms with E-state index in [0.717, 1.165) is 36.9 Å². The van der Waals surface area contributed by atoms with Crippen LogP contribution in [0, 0.1) is 0 Å². The molecule has 0 aliphatic carbocycles. The van der Waals surface area contributed by atoms with Gasteiger partial charge in [-0.2, -0.15) is 0 Å². The van der Waals surface area contributed by atoms with Crippen LogP contribution in [0.1, 0.15) is 24.3 Å². The van der Waals surface area contributed by atoms with Crippen molar-refractivity contribution in [2.45, 2.75) is 19.4 Å². The van der Waals surface area contributed by atoms with Crippen LogP contribution in [-0.2, 0) is 26.8 Å². The molecule has 0 saturated carbocycles. The van der Waals surface area contributed by atoms with E-state index in [9.17, 15) is 25.9 Å². The number of fused-ring (bicyclic) bond motifs is 4. The van der Waals surface area contributed by atoms with Crippen LogP contribution in [0.2, 0.25) is 0 Å². The van der Waals surface area contributed by atoms with Gasteiger partial charge in [-0.25, -0.2) is 0 Å². The molecule has 9 nitrogen and oxygen atoms in total. The van der Waals surface area contributed by atoms with E-state index in [-0.39, 0.29) is 24.3 Å². The Morgan fingerprint density at radius 3 is 2.29 bits per heavy atom. The van der Waals surface area contributed by atoms with E-state index in [1.165, 1.54) is 3.61 Å². The van der Waals surface area contributed by atoms with Gasteiger partial charge in [-0.3, -0.25) is 0 Å². The monoisotopic (exact) mass is 761 g/mol. The van der Waals surface area contributed by atoms with Crippen molar-refractivity contribution in [3.05, 3.63) is 112 Å². The van der Waals surface area contributed by atoms with Gasteiger partial charge in [0.15, 0.2) is 0 Å². The number of allylic oxidation sites excluding steroid dienone is 2. The number of rotatable bonds is 11. The van der Waals surface area contributed by atoms with Crippen molar-refractivity contribution in [2.75, 3.05) is 23.0 Å². The predicted molar refractivity (Wildman–Crippen MR) is 178 cm³/mol. The fourth-order valence-electron chi connectivity index (χ4n) is 5.51. The summed E-state index contributed by atoms with van der Waals surface area (Å²) in [6.45, 7) is 0.731. The standard InChI is InChI=1S/C33H30N2O7S2Te/c36-43(37,38)20-8-18-34-28-14-6-7-15-30(28)45-32(34)23-26(24-10-2-1-3-11-24)22-31-35(19-9-21-44(39,40)41)33-27-13-5-4-12-25(27)16-17-29(33)42-31/h1-7,10-17,22-23H,8-9,18-21H2,(H-,36,37,38,39,40,41)/p+1. The van der Waals surface area contributed by atoms with Gasteiger partial charge in [-0.1, -0.05) is 0 Å². The van der Waals surface area contributed by atoms with Gasteiger partial charge >= 0.3 is 274 Å². The Balaban J connectivity index is 1.49. The molecular formula is C33H31N2O7S2Te+. The first-order chi connectivity index (χ1) is 21.6. The van der Waals surface area contributed by atoms with Crippen LogP contribution in [0.5, 0.6) is 0 Å². The quantitative estimate of drug-likeness (QED) is 0.113. The second kappa shape index (κ2) is 13.1. The van der Waals surface area contributed by atoms with Crippen LogP contribution in [-0.4, -0.2) is 64.9 Å². The molecule has 0 fully saturated rings. The summed E-state index contributed by atoms with van der Waals surface area (Å²) in [5, 5.41) is 1.98. The first kappa shape index (κ1) is 31.5. The Morgan fingerprint density at radius 2 is 1.51 bits per heavy atom. The zero-order chi connectivity index (χ0) is 31.6. The summed E-state index contributed by atoms with van der Waals surface area (Å²) in [6, 6.07) is 29.8. The number of aryl methyl sites for hydroxylation is 1. The first-order valence-corrected chi connectivity index (χ1v) is 19.9. The molecule has 2 N–H and O–H groups in total. The molecule has 1 aliphatic rings. The molecule has 12 heteroatoms. The maximum absolute atomic E-state index is 11.6. The van der Waals surface area contributed by atoms with Gasteiger partial charge in [0, 0.05) is 0 Å². The number of hydrogen-bond acceptors (Lipinski definition) is 6. The van der Waals surface area contributed by atoms with Crippen molar-refractivity contribution >= 4 is 84.0 Å². The number of para-hydroxylation sites is 1. The Kier molecular flexibility index (Phi) is 9.15. The zero-order valence-corrected chi connectivity index (χ0v) is 28.1. The number of oxazole rings is 1. The van der Waals surface area contributed by atoms with Crippen LogP contribution in [0.4, 0.5) is 5.69 Å². The van der Waals surface area contributed by atoms with Crippen molar-refractivity contribution in [1.82, 2.24) is 0 Å². The molecular weight excluding hydrogens is 728 g/mol. The van der Waals surface area contributed by atoms with Gasteiger partial charge in [0.2, 0.25) is 0 Å². The van der Waals surface area contributed by atoms with Gasteiger partial charge in [-0.15, -0.1) is 0 Å². The topological polar surface area (TPSA) is 129 Å². The van der Waals surface area contributed by atoms with Gasteiger partial charge < -0.3 is 0 Å². The van der Waals surface area contributed by atoms with Crippen LogP contribution in [0.25, 0.3) is 33.5 Å². The van der Waals surface area contributed by atoms with E-state index >= 15 is 0 Å². The van der Waals surface area contributed by atoms with E-state index in [1.54, 1.807) is 0 Å². The van der Waals surface area contributed by atoms with Crippen LogP contribution < -0.4 is 13.1 Å². The molecule has 0 saturated heterocycles. The third-order valence-corrected chi connectivity index (χ3v) is 12.3. The van der Waals surface area contributed by atoms with Crippen molar-refractivity contribution in [3.8, 4) is 0 Å². The molecule has 1 aliphatic heterocycles. The van der Waals surface area contributed by atoms with Crippen molar-refractivity contribution < 1.29 is 34.9 Å². The molecule has 2 heterocycles. The molecule has 5 aromatic rings. The number of hydrogen-bond donors (Lipinski definition) is 2. The summed E-state index contributed by atoms with van der Waals surface area (Å²) in [4.78, 5) is 2.14. The molecule has 0 bridgehead atoms. The number of aromatic nitrogens is 1. The van der Waals surface area contributed by atoms with Gasteiger partial charge in [0.05, 0.1) is 0 Å². The Morgan fingerprint density at radius 1 is 0.822 bits per heavy atom. The number of nitrogens with zero attached hydrogens (tertiary/aromatic N) is 2. The average molecular weight is 759 g/mol. The van der Waals surface area contributed by atoms with E-state index in [0.29, 0.717) is 24.6 Å². The third-order valence-electron chi connectivity index (χ3n) is 7.48. The Labute approximate surface area is 272 Å². The summed E-state index contributed by atoms with van der Waals surface area (Å²) in [5.41, 5.74) is 4.35. The van der Waals surface area contributed by atoms with Gasteiger partial charge in [0.25, 0.3) is 0 Å². The summed E-state index contributed by atoms with van der Waals surface area (Å²) in [5.74, 6) is -0.170. The molecule has 6 rings (SSSR count). The Bertz CT molecular complexity index is 2160. The summed E-state index contributed by atoms with van der Waals surface area (Å²) < 4.78 is 75.6. The fraction of sp³-hybridized carbons (Fsp3) is 0.182. The summed E-state index contributed by atoms with van der Waals surface area (Å²) in [6.07, 6.45) is 4.54. The third kappa shape index (κ3) is 7.49. The van der Waals surface area contributed by atoms with Crippen molar-refractivity contribution in [2.24, 2.45) is 0 Å². The Hall–Kier alpha value is -3.50. The van der Waals surface area contributed by atoms with Crippen LogP contribution in [0.15, 0.2) is 105 Å². The summed E-state index contributed by atoms with van der Waals surface area (Å²) >= 11 is -0.829. The minimum absolute atomic E-state index is 0.188. The molecule has 0 unspecified atom stereocenters. The number of anilines is 1. The molecule has 0 radical (unpaired) electrons. The molecule has 4 aromatic carbocycles. The SMILES string of the molecule is O=S(=O)(O)CCCN1/C(=C/C(=C/c2oc3ccc4ccccc4c3[n+]2CCCS(=O)(=O)O)c2ccccc2)[Te]c2ccccc21. The molecule has 45 heavy (non-hydrogen) atoms. The van der Waals surface area contributed by atoms with E-state index in [1.807, 2.05) is 95.6 Å². The summed E-state index contributed by atoms with van der Waals surface area (Å²) in [7, 11) is -8.22. The van der Waals surface area contributed by atoms with E-state index in [4.69, 9.17) is 4.42 Å². The minimum atomic E-state index is -4.14. The van der Waals surface area contributed by atoms with Crippen LogP contribution >= 0.6 is 0 Å². The fourth-order valence-corrected chi connectivity index (χ4v) is 9.75. The second-order valence-corrected chi connectivity index (χ2v) is 16.9. The molecule has 0 spiro atoms. The van der Waals surface area contributed by atoms with Crippen molar-refractivity contribution in [3.63, 3.8) is 0 Å². The van der Waals surface area contributed by atoms with E-state index < -0.39 is 41.2 Å². The average Bonchev–Trinajstić information content (AvgIpc) is 3.53. The maximum atomic E-state index is 11.6. The molecule has 0 amide bonds.